The summed E-state index contributed by atoms with van der Waals surface area (Å²) in [6, 6.07) is 2.05. The van der Waals surface area contributed by atoms with Crippen LogP contribution in [0.3, 0.4) is 0 Å². The van der Waals surface area contributed by atoms with Crippen LogP contribution in [0.4, 0.5) is 5.69 Å². The normalized spacial score (nSPS) is 16.4. The van der Waals surface area contributed by atoms with Crippen LogP contribution in [0.1, 0.15) is 18.4 Å². The van der Waals surface area contributed by atoms with E-state index in [1.165, 1.54) is 31.6 Å². The Hall–Kier alpha value is -1.13. The highest BCUT2D eigenvalue weighted by atomic mass is 15.2. The maximum absolute atomic E-state index is 5.73. The molecule has 0 bridgehead atoms. The van der Waals surface area contributed by atoms with E-state index in [1.54, 1.807) is 0 Å². The Morgan fingerprint density at radius 2 is 2.18 bits per heavy atom. The summed E-state index contributed by atoms with van der Waals surface area (Å²) >= 11 is 0. The van der Waals surface area contributed by atoms with Crippen LogP contribution in [-0.2, 0) is 6.54 Å². The molecule has 1 fully saturated rings. The van der Waals surface area contributed by atoms with Crippen molar-refractivity contribution in [1.82, 2.24) is 9.88 Å². The standard InChI is InChI=1S/C13H22N4/c1-16(8-9-17-6-2-3-7-17)13-4-5-15-11-12(13)10-14/h4-5,11H,2-3,6-10,14H2,1H3. The minimum atomic E-state index is 0.553. The first kappa shape index (κ1) is 12.3. The lowest BCUT2D eigenvalue weighted by Gasteiger charge is -2.24. The number of likely N-dealkylation sites (tertiary alicyclic amines) is 1. The fraction of sp³-hybridized carbons (Fsp3) is 0.615. The molecule has 0 aromatic carbocycles. The van der Waals surface area contributed by atoms with E-state index in [1.807, 2.05) is 18.5 Å². The molecule has 94 valence electrons. The summed E-state index contributed by atoms with van der Waals surface area (Å²) in [7, 11) is 2.13. The third-order valence-corrected chi connectivity index (χ3v) is 3.46. The average molecular weight is 234 g/mol. The maximum Gasteiger partial charge on any atom is 0.0440 e. The molecule has 17 heavy (non-hydrogen) atoms. The van der Waals surface area contributed by atoms with Crippen molar-refractivity contribution in [2.24, 2.45) is 5.73 Å². The Kier molecular flexibility index (Phi) is 4.34. The van der Waals surface area contributed by atoms with E-state index in [9.17, 15) is 0 Å². The number of pyridine rings is 1. The molecule has 0 aliphatic carbocycles. The van der Waals surface area contributed by atoms with Gasteiger partial charge in [-0.3, -0.25) is 4.98 Å². The SMILES string of the molecule is CN(CCN1CCCC1)c1ccncc1CN. The van der Waals surface area contributed by atoms with E-state index in [0.717, 1.165) is 18.7 Å². The molecule has 1 aromatic heterocycles. The number of anilines is 1. The van der Waals surface area contributed by atoms with Crippen molar-refractivity contribution < 1.29 is 0 Å². The molecule has 0 atom stereocenters. The number of likely N-dealkylation sites (N-methyl/N-ethyl adjacent to an activating group) is 1. The number of rotatable bonds is 5. The summed E-state index contributed by atoms with van der Waals surface area (Å²) in [5.74, 6) is 0. The second kappa shape index (κ2) is 5.98. The minimum Gasteiger partial charge on any atom is -0.373 e. The van der Waals surface area contributed by atoms with Gasteiger partial charge in [0, 0.05) is 50.3 Å². The molecule has 0 radical (unpaired) electrons. The molecule has 0 amide bonds. The second-order valence-electron chi connectivity index (χ2n) is 4.68. The molecular formula is C13H22N4. The largest absolute Gasteiger partial charge is 0.373 e. The molecule has 1 aromatic rings. The monoisotopic (exact) mass is 234 g/mol. The number of aromatic nitrogens is 1. The molecule has 0 spiro atoms. The summed E-state index contributed by atoms with van der Waals surface area (Å²) in [5, 5.41) is 0. The lowest BCUT2D eigenvalue weighted by atomic mass is 10.2. The van der Waals surface area contributed by atoms with Gasteiger partial charge in [-0.25, -0.2) is 0 Å². The Morgan fingerprint density at radius 3 is 2.88 bits per heavy atom. The fourth-order valence-electron chi connectivity index (χ4n) is 2.37. The minimum absolute atomic E-state index is 0.553. The van der Waals surface area contributed by atoms with Crippen molar-refractivity contribution in [1.29, 1.82) is 0 Å². The van der Waals surface area contributed by atoms with Gasteiger partial charge in [-0.15, -0.1) is 0 Å². The van der Waals surface area contributed by atoms with Crippen LogP contribution in [0, 0.1) is 0 Å². The summed E-state index contributed by atoms with van der Waals surface area (Å²) < 4.78 is 0. The Morgan fingerprint density at radius 1 is 1.41 bits per heavy atom. The lowest BCUT2D eigenvalue weighted by Crippen LogP contribution is -2.32. The van der Waals surface area contributed by atoms with E-state index < -0.39 is 0 Å². The highest BCUT2D eigenvalue weighted by Crippen LogP contribution is 2.17. The third kappa shape index (κ3) is 3.17. The first-order valence-corrected chi connectivity index (χ1v) is 6.37. The third-order valence-electron chi connectivity index (χ3n) is 3.46. The van der Waals surface area contributed by atoms with Crippen LogP contribution in [-0.4, -0.2) is 43.1 Å². The molecular weight excluding hydrogens is 212 g/mol. The second-order valence-corrected chi connectivity index (χ2v) is 4.68. The molecule has 4 nitrogen and oxygen atoms in total. The zero-order valence-corrected chi connectivity index (χ0v) is 10.6. The van der Waals surface area contributed by atoms with Crippen molar-refractivity contribution in [2.45, 2.75) is 19.4 Å². The number of nitrogens with two attached hydrogens (primary N) is 1. The van der Waals surface area contributed by atoms with Gasteiger partial charge in [0.15, 0.2) is 0 Å². The number of hydrogen-bond acceptors (Lipinski definition) is 4. The van der Waals surface area contributed by atoms with E-state index in [4.69, 9.17) is 5.73 Å². The summed E-state index contributed by atoms with van der Waals surface area (Å²) in [5.41, 5.74) is 8.06. The van der Waals surface area contributed by atoms with Crippen LogP contribution < -0.4 is 10.6 Å². The molecule has 2 N–H and O–H groups in total. The maximum atomic E-state index is 5.73. The summed E-state index contributed by atoms with van der Waals surface area (Å²) in [6.45, 7) is 5.26. The van der Waals surface area contributed by atoms with Crippen molar-refractivity contribution in [3.8, 4) is 0 Å². The van der Waals surface area contributed by atoms with Gasteiger partial charge in [-0.1, -0.05) is 0 Å². The van der Waals surface area contributed by atoms with E-state index >= 15 is 0 Å². The Labute approximate surface area is 103 Å². The highest BCUT2D eigenvalue weighted by molar-refractivity contribution is 5.51. The molecule has 2 heterocycles. The highest BCUT2D eigenvalue weighted by Gasteiger charge is 2.12. The first-order chi connectivity index (χ1) is 8.31. The Bertz CT molecular complexity index is 347. The number of hydrogen-bond donors (Lipinski definition) is 1. The van der Waals surface area contributed by atoms with E-state index in [0.29, 0.717) is 6.54 Å². The van der Waals surface area contributed by atoms with Crippen LogP contribution >= 0.6 is 0 Å². The smallest absolute Gasteiger partial charge is 0.0440 e. The number of nitrogens with zero attached hydrogens (tertiary/aromatic N) is 3. The lowest BCUT2D eigenvalue weighted by molar-refractivity contribution is 0.346. The van der Waals surface area contributed by atoms with Gasteiger partial charge in [0.05, 0.1) is 0 Å². The summed E-state index contributed by atoms with van der Waals surface area (Å²) in [6.07, 6.45) is 6.41. The molecule has 2 rings (SSSR count). The van der Waals surface area contributed by atoms with Gasteiger partial charge < -0.3 is 15.5 Å². The molecule has 1 aliphatic rings. The molecule has 0 saturated carbocycles. The molecule has 4 heteroatoms. The van der Waals surface area contributed by atoms with Crippen molar-refractivity contribution >= 4 is 5.69 Å². The molecule has 1 saturated heterocycles. The first-order valence-electron chi connectivity index (χ1n) is 6.37. The van der Waals surface area contributed by atoms with Crippen molar-refractivity contribution in [2.75, 3.05) is 38.1 Å². The molecule has 0 unspecified atom stereocenters. The van der Waals surface area contributed by atoms with Gasteiger partial charge in [0.1, 0.15) is 0 Å². The van der Waals surface area contributed by atoms with E-state index in [-0.39, 0.29) is 0 Å². The van der Waals surface area contributed by atoms with Gasteiger partial charge in [-0.05, 0) is 32.0 Å². The van der Waals surface area contributed by atoms with Crippen LogP contribution in [0.25, 0.3) is 0 Å². The van der Waals surface area contributed by atoms with Gasteiger partial charge in [-0.2, -0.15) is 0 Å². The van der Waals surface area contributed by atoms with Gasteiger partial charge >= 0.3 is 0 Å². The van der Waals surface area contributed by atoms with Crippen LogP contribution in [0.15, 0.2) is 18.5 Å². The average Bonchev–Trinajstić information content (AvgIpc) is 2.89. The van der Waals surface area contributed by atoms with Crippen LogP contribution in [0.5, 0.6) is 0 Å². The quantitative estimate of drug-likeness (QED) is 0.828. The Balaban J connectivity index is 1.91. The topological polar surface area (TPSA) is 45.4 Å². The predicted molar refractivity (Wildman–Crippen MR) is 71.1 cm³/mol. The van der Waals surface area contributed by atoms with Crippen molar-refractivity contribution in [3.05, 3.63) is 24.0 Å². The fourth-order valence-corrected chi connectivity index (χ4v) is 2.37. The summed E-state index contributed by atoms with van der Waals surface area (Å²) in [4.78, 5) is 8.93. The predicted octanol–water partition coefficient (Wildman–Crippen LogP) is 1.07. The van der Waals surface area contributed by atoms with Crippen LogP contribution in [0.2, 0.25) is 0 Å². The molecule has 1 aliphatic heterocycles. The van der Waals surface area contributed by atoms with Gasteiger partial charge in [0.25, 0.3) is 0 Å². The van der Waals surface area contributed by atoms with E-state index in [2.05, 4.69) is 21.8 Å². The van der Waals surface area contributed by atoms with Gasteiger partial charge in [0.2, 0.25) is 0 Å². The van der Waals surface area contributed by atoms with Crippen molar-refractivity contribution in [3.63, 3.8) is 0 Å². The zero-order valence-electron chi connectivity index (χ0n) is 10.6. The zero-order chi connectivity index (χ0) is 12.1.